The molecule has 2 N–H and O–H groups in total. The van der Waals surface area contributed by atoms with Gasteiger partial charge >= 0.3 is 12.8 Å². The van der Waals surface area contributed by atoms with Gasteiger partial charge in [0.1, 0.15) is 5.75 Å². The molecule has 5 nitrogen and oxygen atoms in total. The molecule has 1 aromatic rings. The van der Waals surface area contributed by atoms with Crippen molar-refractivity contribution >= 4 is 41.5 Å². The second-order valence-corrected chi connectivity index (χ2v) is 6.74. The molecule has 0 bridgehead atoms. The summed E-state index contributed by atoms with van der Waals surface area (Å²) in [6, 6.07) is 4.05. The summed E-state index contributed by atoms with van der Waals surface area (Å²) in [5.41, 5.74) is 0.370. The first-order valence-electron chi connectivity index (χ1n) is 8.73. The smallest absolute Gasteiger partial charge is 0.401 e. The molecule has 1 unspecified atom stereocenters. The fourth-order valence-corrected chi connectivity index (χ4v) is 3.10. The molecule has 1 aliphatic heterocycles. The highest BCUT2D eigenvalue weighted by molar-refractivity contribution is 14.0. The van der Waals surface area contributed by atoms with Gasteiger partial charge in [-0.3, -0.25) is 4.90 Å². The second-order valence-electron chi connectivity index (χ2n) is 6.31. The van der Waals surface area contributed by atoms with Crippen molar-refractivity contribution in [2.24, 2.45) is 4.99 Å². The summed E-state index contributed by atoms with van der Waals surface area (Å²) < 4.78 is 67.1. The fourth-order valence-electron chi connectivity index (χ4n) is 2.91. The average Bonchev–Trinajstić information content (AvgIpc) is 2.99. The van der Waals surface area contributed by atoms with Crippen molar-refractivity contribution in [2.75, 3.05) is 26.2 Å². The molecule has 1 atom stereocenters. The van der Waals surface area contributed by atoms with Crippen LogP contribution in [0.3, 0.4) is 0 Å². The van der Waals surface area contributed by atoms with Crippen molar-refractivity contribution in [3.8, 4) is 5.75 Å². The van der Waals surface area contributed by atoms with Gasteiger partial charge < -0.3 is 15.4 Å². The van der Waals surface area contributed by atoms with E-state index >= 15 is 0 Å². The first-order valence-corrected chi connectivity index (χ1v) is 9.11. The third kappa shape index (κ3) is 9.51. The van der Waals surface area contributed by atoms with Crippen molar-refractivity contribution < 1.29 is 26.7 Å². The van der Waals surface area contributed by atoms with Crippen LogP contribution in [0.1, 0.15) is 18.9 Å². The van der Waals surface area contributed by atoms with E-state index in [0.717, 1.165) is 0 Å². The van der Waals surface area contributed by atoms with Gasteiger partial charge in [0.25, 0.3) is 0 Å². The molecule has 1 aliphatic rings. The van der Waals surface area contributed by atoms with Crippen molar-refractivity contribution in [2.45, 2.75) is 38.7 Å². The highest BCUT2D eigenvalue weighted by atomic mass is 127. The van der Waals surface area contributed by atoms with Gasteiger partial charge in [-0.1, -0.05) is 11.6 Å². The van der Waals surface area contributed by atoms with E-state index in [1.165, 1.54) is 23.1 Å². The molecule has 1 aromatic carbocycles. The standard InChI is InChI=1S/C17H22ClF5N4O.HI/c1-2-24-16(26-13-5-6-27(9-13)10-17(21,22)23)25-8-11-7-12(18)3-4-14(11)28-15(19)20;/h3-4,7,13,15H,2,5-6,8-10H2,1H3,(H2,24,25,26);1H. The van der Waals surface area contributed by atoms with Gasteiger partial charge in [-0.15, -0.1) is 24.0 Å². The third-order valence-corrected chi connectivity index (χ3v) is 4.24. The molecule has 0 aliphatic carbocycles. The maximum atomic E-state index is 12.5. The first kappa shape index (κ1) is 26.0. The Morgan fingerprint density at radius 3 is 2.72 bits per heavy atom. The number of likely N-dealkylation sites (tertiary alicyclic amines) is 1. The Kier molecular flexibility index (Phi) is 10.7. The van der Waals surface area contributed by atoms with E-state index in [2.05, 4.69) is 20.4 Å². The van der Waals surface area contributed by atoms with E-state index in [0.29, 0.717) is 36.1 Å². The zero-order chi connectivity index (χ0) is 20.7. The van der Waals surface area contributed by atoms with Gasteiger partial charge in [0.15, 0.2) is 5.96 Å². The molecule has 12 heteroatoms. The number of guanidine groups is 1. The van der Waals surface area contributed by atoms with E-state index in [-0.39, 0.29) is 48.9 Å². The number of benzene rings is 1. The highest BCUT2D eigenvalue weighted by Gasteiger charge is 2.34. The number of rotatable bonds is 7. The lowest BCUT2D eigenvalue weighted by Gasteiger charge is -2.20. The van der Waals surface area contributed by atoms with Crippen LogP contribution < -0.4 is 15.4 Å². The summed E-state index contributed by atoms with van der Waals surface area (Å²) in [7, 11) is 0. The van der Waals surface area contributed by atoms with E-state index in [4.69, 9.17) is 11.6 Å². The SMILES string of the molecule is CCNC(=NCc1cc(Cl)ccc1OC(F)F)NC1CCN(CC(F)(F)F)C1.I. The Bertz CT molecular complexity index is 678. The highest BCUT2D eigenvalue weighted by Crippen LogP contribution is 2.25. The number of nitrogens with zero attached hydrogens (tertiary/aromatic N) is 2. The van der Waals surface area contributed by atoms with Gasteiger partial charge in [0.2, 0.25) is 0 Å². The van der Waals surface area contributed by atoms with Crippen LogP contribution in [0.4, 0.5) is 22.0 Å². The normalized spacial score (nSPS) is 17.9. The Morgan fingerprint density at radius 1 is 1.38 bits per heavy atom. The van der Waals surface area contributed by atoms with Gasteiger partial charge in [-0.25, -0.2) is 4.99 Å². The van der Waals surface area contributed by atoms with E-state index < -0.39 is 19.3 Å². The van der Waals surface area contributed by atoms with Crippen LogP contribution in [0.25, 0.3) is 0 Å². The molecule has 0 saturated carbocycles. The van der Waals surface area contributed by atoms with E-state index in [1.807, 2.05) is 6.92 Å². The van der Waals surface area contributed by atoms with Crippen molar-refractivity contribution in [1.82, 2.24) is 15.5 Å². The summed E-state index contributed by atoms with van der Waals surface area (Å²) in [6.45, 7) is -0.980. The van der Waals surface area contributed by atoms with Crippen molar-refractivity contribution in [3.63, 3.8) is 0 Å². The monoisotopic (exact) mass is 556 g/mol. The molecular formula is C17H23ClF5IN4O. The Morgan fingerprint density at radius 2 is 2.10 bits per heavy atom. The number of hydrogen-bond acceptors (Lipinski definition) is 3. The second kappa shape index (κ2) is 11.9. The zero-order valence-corrected chi connectivity index (χ0v) is 18.7. The fraction of sp³-hybridized carbons (Fsp3) is 0.588. The van der Waals surface area contributed by atoms with Crippen LogP contribution in [-0.4, -0.2) is 55.9 Å². The summed E-state index contributed by atoms with van der Waals surface area (Å²) in [4.78, 5) is 5.65. The lowest BCUT2D eigenvalue weighted by molar-refractivity contribution is -0.143. The molecule has 0 spiro atoms. The number of ether oxygens (including phenoxy) is 1. The van der Waals surface area contributed by atoms with Crippen LogP contribution in [0, 0.1) is 0 Å². The molecule has 29 heavy (non-hydrogen) atoms. The largest absolute Gasteiger partial charge is 0.434 e. The number of halogens is 7. The van der Waals surface area contributed by atoms with Crippen LogP contribution >= 0.6 is 35.6 Å². The summed E-state index contributed by atoms with van der Waals surface area (Å²) >= 11 is 5.92. The summed E-state index contributed by atoms with van der Waals surface area (Å²) in [6.07, 6.45) is -3.70. The van der Waals surface area contributed by atoms with Crippen LogP contribution in [0.5, 0.6) is 5.75 Å². The summed E-state index contributed by atoms with van der Waals surface area (Å²) in [5.74, 6) is 0.348. The van der Waals surface area contributed by atoms with E-state index in [9.17, 15) is 22.0 Å². The minimum absolute atomic E-state index is 0. The zero-order valence-electron chi connectivity index (χ0n) is 15.6. The number of hydrogen-bond donors (Lipinski definition) is 2. The molecule has 1 fully saturated rings. The quantitative estimate of drug-likeness (QED) is 0.228. The van der Waals surface area contributed by atoms with Crippen molar-refractivity contribution in [1.29, 1.82) is 0 Å². The number of nitrogens with one attached hydrogen (secondary N) is 2. The molecular weight excluding hydrogens is 534 g/mol. The van der Waals surface area contributed by atoms with Gasteiger partial charge in [0.05, 0.1) is 13.1 Å². The number of aliphatic imine (C=N–C) groups is 1. The predicted molar refractivity (Wildman–Crippen MR) is 112 cm³/mol. The Labute approximate surface area is 188 Å². The van der Waals surface area contributed by atoms with Crippen molar-refractivity contribution in [3.05, 3.63) is 28.8 Å². The van der Waals surface area contributed by atoms with Crippen LogP contribution in [0.2, 0.25) is 5.02 Å². The lowest BCUT2D eigenvalue weighted by atomic mass is 10.2. The molecule has 0 amide bonds. The Hall–Kier alpha value is -1.08. The first-order chi connectivity index (χ1) is 13.2. The third-order valence-electron chi connectivity index (χ3n) is 4.01. The average molecular weight is 557 g/mol. The topological polar surface area (TPSA) is 48.9 Å². The van der Waals surface area contributed by atoms with Gasteiger partial charge in [-0.2, -0.15) is 22.0 Å². The maximum absolute atomic E-state index is 12.5. The summed E-state index contributed by atoms with van der Waals surface area (Å²) in [5, 5.41) is 6.43. The number of alkyl halides is 5. The molecule has 0 radical (unpaired) electrons. The maximum Gasteiger partial charge on any atom is 0.401 e. The molecule has 1 heterocycles. The van der Waals surface area contributed by atoms with Gasteiger partial charge in [-0.05, 0) is 31.5 Å². The van der Waals surface area contributed by atoms with Gasteiger partial charge in [0, 0.05) is 36.3 Å². The molecule has 1 saturated heterocycles. The molecule has 166 valence electrons. The Balaban J connectivity index is 0.00000420. The predicted octanol–water partition coefficient (Wildman–Crippen LogP) is 4.25. The minimum Gasteiger partial charge on any atom is -0.434 e. The molecule has 0 aromatic heterocycles. The lowest BCUT2D eigenvalue weighted by Crippen LogP contribution is -2.45. The van der Waals surface area contributed by atoms with Crippen LogP contribution in [0.15, 0.2) is 23.2 Å². The van der Waals surface area contributed by atoms with E-state index in [1.54, 1.807) is 0 Å². The van der Waals surface area contributed by atoms with Crippen LogP contribution in [-0.2, 0) is 6.54 Å². The minimum atomic E-state index is -4.23. The molecule has 2 rings (SSSR count).